The van der Waals surface area contributed by atoms with Gasteiger partial charge in [0.25, 0.3) is 0 Å². The second-order valence-electron chi connectivity index (χ2n) is 3.71. The lowest BCUT2D eigenvalue weighted by Gasteiger charge is -2.14. The summed E-state index contributed by atoms with van der Waals surface area (Å²) in [7, 11) is 0. The molecule has 0 aromatic heterocycles. The number of hydrogen-bond acceptors (Lipinski definition) is 1. The van der Waals surface area contributed by atoms with Gasteiger partial charge in [0.2, 0.25) is 0 Å². The Morgan fingerprint density at radius 2 is 2.00 bits per heavy atom. The van der Waals surface area contributed by atoms with Gasteiger partial charge in [-0.1, -0.05) is 12.1 Å². The monoisotopic (exact) mass is 247 g/mol. The second-order valence-corrected chi connectivity index (χ2v) is 3.71. The average Bonchev–Trinajstić information content (AvgIpc) is 2.25. The van der Waals surface area contributed by atoms with Crippen molar-refractivity contribution in [1.29, 1.82) is 0 Å². The van der Waals surface area contributed by atoms with Crippen molar-refractivity contribution in [2.24, 2.45) is 5.73 Å². The van der Waals surface area contributed by atoms with Crippen LogP contribution in [0, 0.1) is 5.82 Å². The zero-order valence-corrected chi connectivity index (χ0v) is 9.10. The van der Waals surface area contributed by atoms with Gasteiger partial charge in [-0.3, -0.25) is 0 Å². The molecule has 1 rings (SSSR count). The van der Waals surface area contributed by atoms with Crippen LogP contribution in [0.2, 0.25) is 0 Å². The zero-order valence-electron chi connectivity index (χ0n) is 9.10. The van der Waals surface area contributed by atoms with Crippen molar-refractivity contribution < 1.29 is 17.6 Å². The third-order valence-corrected chi connectivity index (χ3v) is 2.41. The van der Waals surface area contributed by atoms with E-state index < -0.39 is 23.6 Å². The third kappa shape index (κ3) is 3.56. The maximum atomic E-state index is 13.0. The fourth-order valence-electron chi connectivity index (χ4n) is 1.45. The van der Waals surface area contributed by atoms with Crippen LogP contribution in [0.1, 0.15) is 30.0 Å². The number of rotatable bonds is 4. The summed E-state index contributed by atoms with van der Waals surface area (Å²) >= 11 is 0. The molecular formula is C12H13F4N. The Balaban J connectivity index is 3.00. The summed E-state index contributed by atoms with van der Waals surface area (Å²) in [4.78, 5) is 0. The van der Waals surface area contributed by atoms with E-state index in [0.717, 1.165) is 12.1 Å². The highest BCUT2D eigenvalue weighted by Gasteiger charge is 2.34. The Morgan fingerprint density at radius 1 is 1.35 bits per heavy atom. The largest absolute Gasteiger partial charge is 0.419 e. The molecule has 0 bridgehead atoms. The van der Waals surface area contributed by atoms with Crippen molar-refractivity contribution in [1.82, 2.24) is 0 Å². The van der Waals surface area contributed by atoms with Gasteiger partial charge < -0.3 is 5.73 Å². The normalized spacial score (nSPS) is 13.5. The van der Waals surface area contributed by atoms with Crippen molar-refractivity contribution in [2.75, 3.05) is 0 Å². The molecule has 0 spiro atoms. The minimum Gasteiger partial charge on any atom is -0.324 e. The van der Waals surface area contributed by atoms with Crippen LogP contribution >= 0.6 is 0 Å². The van der Waals surface area contributed by atoms with Crippen LogP contribution in [0.3, 0.4) is 0 Å². The van der Waals surface area contributed by atoms with Crippen molar-refractivity contribution in [3.8, 4) is 0 Å². The fraction of sp³-hybridized carbons (Fsp3) is 0.333. The van der Waals surface area contributed by atoms with Crippen molar-refractivity contribution >= 4 is 0 Å². The SMILES string of the molecule is C=CCCC(N)c1ccc(F)c(C(F)(F)F)c1. The van der Waals surface area contributed by atoms with Gasteiger partial charge in [-0.15, -0.1) is 6.58 Å². The highest BCUT2D eigenvalue weighted by Crippen LogP contribution is 2.33. The van der Waals surface area contributed by atoms with Gasteiger partial charge in [0.15, 0.2) is 0 Å². The standard InChI is InChI=1S/C12H13F4N/c1-2-3-4-11(17)8-5-6-10(13)9(7-8)12(14,15)16/h2,5-7,11H,1,3-4,17H2. The lowest BCUT2D eigenvalue weighted by Crippen LogP contribution is -2.14. The van der Waals surface area contributed by atoms with Crippen molar-refractivity contribution in [2.45, 2.75) is 25.1 Å². The van der Waals surface area contributed by atoms with E-state index in [1.165, 1.54) is 6.07 Å². The zero-order chi connectivity index (χ0) is 13.1. The molecule has 0 fully saturated rings. The first-order chi connectivity index (χ1) is 7.86. The molecule has 0 aliphatic rings. The summed E-state index contributed by atoms with van der Waals surface area (Å²) in [5, 5.41) is 0. The fourth-order valence-corrected chi connectivity index (χ4v) is 1.45. The van der Waals surface area contributed by atoms with E-state index in [1.807, 2.05) is 0 Å². The topological polar surface area (TPSA) is 26.0 Å². The van der Waals surface area contributed by atoms with E-state index in [1.54, 1.807) is 6.08 Å². The molecule has 0 saturated heterocycles. The summed E-state index contributed by atoms with van der Waals surface area (Å²) in [5.41, 5.74) is 4.71. The van der Waals surface area contributed by atoms with E-state index in [-0.39, 0.29) is 5.56 Å². The Hall–Kier alpha value is -1.36. The molecule has 94 valence electrons. The molecule has 1 aromatic rings. The highest BCUT2D eigenvalue weighted by atomic mass is 19.4. The molecule has 5 heteroatoms. The van der Waals surface area contributed by atoms with Gasteiger partial charge >= 0.3 is 6.18 Å². The molecule has 1 aromatic carbocycles. The smallest absolute Gasteiger partial charge is 0.324 e. The first-order valence-corrected chi connectivity index (χ1v) is 5.09. The number of alkyl halides is 3. The summed E-state index contributed by atoms with van der Waals surface area (Å²) in [6, 6.07) is 2.29. The molecule has 0 aliphatic carbocycles. The summed E-state index contributed by atoms with van der Waals surface area (Å²) in [6.07, 6.45) is -1.99. The van der Waals surface area contributed by atoms with Gasteiger partial charge in [-0.2, -0.15) is 13.2 Å². The number of halogens is 4. The maximum Gasteiger partial charge on any atom is 0.419 e. The van der Waals surface area contributed by atoms with Crippen LogP contribution in [-0.4, -0.2) is 0 Å². The Morgan fingerprint density at radius 3 is 2.53 bits per heavy atom. The van der Waals surface area contributed by atoms with Gasteiger partial charge in [-0.25, -0.2) is 4.39 Å². The second kappa shape index (κ2) is 5.31. The molecular weight excluding hydrogens is 234 g/mol. The van der Waals surface area contributed by atoms with E-state index in [2.05, 4.69) is 6.58 Å². The Bertz CT molecular complexity index is 398. The first-order valence-electron chi connectivity index (χ1n) is 5.09. The maximum absolute atomic E-state index is 13.0. The minimum absolute atomic E-state index is 0.278. The summed E-state index contributed by atoms with van der Waals surface area (Å²) < 4.78 is 50.3. The lowest BCUT2D eigenvalue weighted by molar-refractivity contribution is -0.140. The molecule has 0 radical (unpaired) electrons. The highest BCUT2D eigenvalue weighted by molar-refractivity contribution is 5.29. The molecule has 0 saturated carbocycles. The molecule has 0 heterocycles. The van der Waals surface area contributed by atoms with Crippen molar-refractivity contribution in [3.05, 3.63) is 47.8 Å². The number of allylic oxidation sites excluding steroid dienone is 1. The average molecular weight is 247 g/mol. The van der Waals surface area contributed by atoms with Crippen LogP contribution in [0.4, 0.5) is 17.6 Å². The predicted octanol–water partition coefficient (Wildman–Crippen LogP) is 3.81. The molecule has 0 amide bonds. The van der Waals surface area contributed by atoms with E-state index in [4.69, 9.17) is 5.73 Å². The quantitative estimate of drug-likeness (QED) is 0.635. The van der Waals surface area contributed by atoms with E-state index >= 15 is 0 Å². The first kappa shape index (κ1) is 13.7. The Labute approximate surface area is 96.9 Å². The van der Waals surface area contributed by atoms with Gasteiger partial charge in [0, 0.05) is 6.04 Å². The van der Waals surface area contributed by atoms with E-state index in [0.29, 0.717) is 12.8 Å². The molecule has 17 heavy (non-hydrogen) atoms. The van der Waals surface area contributed by atoms with Gasteiger partial charge in [-0.05, 0) is 30.5 Å². The van der Waals surface area contributed by atoms with Crippen LogP contribution in [0.5, 0.6) is 0 Å². The lowest BCUT2D eigenvalue weighted by atomic mass is 10.00. The predicted molar refractivity (Wildman–Crippen MR) is 57.8 cm³/mol. The molecule has 0 aliphatic heterocycles. The number of benzene rings is 1. The minimum atomic E-state index is -4.70. The molecule has 2 N–H and O–H groups in total. The van der Waals surface area contributed by atoms with Gasteiger partial charge in [0.05, 0.1) is 5.56 Å². The van der Waals surface area contributed by atoms with Gasteiger partial charge in [0.1, 0.15) is 5.82 Å². The van der Waals surface area contributed by atoms with Crippen LogP contribution in [0.15, 0.2) is 30.9 Å². The van der Waals surface area contributed by atoms with E-state index in [9.17, 15) is 17.6 Å². The van der Waals surface area contributed by atoms with Crippen molar-refractivity contribution in [3.63, 3.8) is 0 Å². The number of nitrogens with two attached hydrogens (primary N) is 1. The van der Waals surface area contributed by atoms with Crippen LogP contribution in [-0.2, 0) is 6.18 Å². The Kier molecular flexibility index (Phi) is 4.28. The molecule has 1 unspecified atom stereocenters. The number of hydrogen-bond donors (Lipinski definition) is 1. The third-order valence-electron chi connectivity index (χ3n) is 2.41. The summed E-state index contributed by atoms with van der Waals surface area (Å²) in [5.74, 6) is -1.28. The molecule has 1 atom stereocenters. The summed E-state index contributed by atoms with van der Waals surface area (Å²) in [6.45, 7) is 3.50. The van der Waals surface area contributed by atoms with Crippen LogP contribution in [0.25, 0.3) is 0 Å². The van der Waals surface area contributed by atoms with Crippen LogP contribution < -0.4 is 5.73 Å². The molecule has 1 nitrogen and oxygen atoms in total.